The number of hydrogen-bond donors (Lipinski definition) is 4. The molecule has 3 aliphatic carbocycles. The van der Waals surface area contributed by atoms with Crippen LogP contribution in [0.25, 0.3) is 11.1 Å². The predicted octanol–water partition coefficient (Wildman–Crippen LogP) is 0.634. The Morgan fingerprint density at radius 2 is 1.73 bits per heavy atom. The van der Waals surface area contributed by atoms with Gasteiger partial charge in [0.15, 0.2) is 23.0 Å². The fourth-order valence-corrected chi connectivity index (χ4v) is 6.95. The maximum Gasteiger partial charge on any atom is 0.230 e. The highest BCUT2D eigenvalue weighted by Crippen LogP contribution is 2.52. The number of benzene rings is 2. The van der Waals surface area contributed by atoms with E-state index in [9.17, 15) is 34.5 Å². The van der Waals surface area contributed by atoms with Crippen LogP contribution in [0.15, 0.2) is 36.4 Å². The van der Waals surface area contributed by atoms with Crippen LogP contribution in [0.4, 0.5) is 0 Å². The third-order valence-electron chi connectivity index (χ3n) is 8.61. The molecular weight excluding hydrogens is 476 g/mol. The van der Waals surface area contributed by atoms with Crippen LogP contribution in [-0.4, -0.2) is 75.3 Å². The van der Waals surface area contributed by atoms with E-state index in [2.05, 4.69) is 0 Å². The topological polar surface area (TPSA) is 158 Å². The number of aromatic hydroxyl groups is 1. The Kier molecular flexibility index (Phi) is 5.86. The van der Waals surface area contributed by atoms with Gasteiger partial charge in [0, 0.05) is 12.0 Å². The Hall–Kier alpha value is -3.40. The number of aliphatic hydroxyl groups excluding tert-OH is 1. The Balaban J connectivity index is 1.67. The monoisotopic (exact) mass is 506 g/mol. The summed E-state index contributed by atoms with van der Waals surface area (Å²) in [5, 5.41) is 33.3. The van der Waals surface area contributed by atoms with Gasteiger partial charge in [-0.2, -0.15) is 0 Å². The van der Waals surface area contributed by atoms with E-state index < -0.39 is 64.7 Å². The lowest BCUT2D eigenvalue weighted by Crippen LogP contribution is -2.75. The number of nitrogens with two attached hydrogens (primary N) is 1. The zero-order valence-corrected chi connectivity index (χ0v) is 20.8. The van der Waals surface area contributed by atoms with Crippen molar-refractivity contribution in [1.82, 2.24) is 4.90 Å². The number of Topliss-reactive ketones (excluding diaryl/α,β-unsaturated/α-hetero) is 3. The quantitative estimate of drug-likeness (QED) is 0.442. The van der Waals surface area contributed by atoms with Crippen molar-refractivity contribution < 1.29 is 34.5 Å². The summed E-state index contributed by atoms with van der Waals surface area (Å²) in [6.07, 6.45) is -1.18. The number of primary amides is 1. The maximum atomic E-state index is 13.9. The Morgan fingerprint density at radius 1 is 1.05 bits per heavy atom. The number of ketones is 3. The van der Waals surface area contributed by atoms with Crippen molar-refractivity contribution in [1.29, 1.82) is 0 Å². The fraction of sp³-hybridized carbons (Fsp3) is 0.429. The second-order valence-corrected chi connectivity index (χ2v) is 10.8. The molecule has 7 atom stereocenters. The second-order valence-electron chi connectivity index (χ2n) is 10.8. The van der Waals surface area contributed by atoms with E-state index in [4.69, 9.17) is 5.73 Å². The molecule has 2 aromatic carbocycles. The molecule has 9 heteroatoms. The van der Waals surface area contributed by atoms with Crippen LogP contribution in [0, 0.1) is 30.6 Å². The van der Waals surface area contributed by atoms with Gasteiger partial charge in [0.25, 0.3) is 0 Å². The van der Waals surface area contributed by atoms with Crippen molar-refractivity contribution in [2.45, 2.75) is 37.5 Å². The molecule has 1 amide bonds. The van der Waals surface area contributed by atoms with E-state index in [1.165, 1.54) is 6.07 Å². The number of phenolic OH excluding ortho intramolecular Hbond substituents is 1. The van der Waals surface area contributed by atoms with Gasteiger partial charge in [0.2, 0.25) is 5.91 Å². The van der Waals surface area contributed by atoms with Gasteiger partial charge in [-0.15, -0.1) is 0 Å². The second kappa shape index (κ2) is 8.58. The molecule has 2 aromatic rings. The van der Waals surface area contributed by atoms with Gasteiger partial charge >= 0.3 is 0 Å². The van der Waals surface area contributed by atoms with Gasteiger partial charge in [0.05, 0.1) is 17.6 Å². The van der Waals surface area contributed by atoms with E-state index in [1.807, 2.05) is 31.2 Å². The number of hydrogen-bond acceptors (Lipinski definition) is 8. The molecular formula is C28H30N2O7. The summed E-state index contributed by atoms with van der Waals surface area (Å²) in [6.45, 7) is 1.94. The van der Waals surface area contributed by atoms with Gasteiger partial charge in [-0.3, -0.25) is 19.2 Å². The standard InChI is InChI=1S/C28H30N2O7/c1-12-6-4-5-7-14(12)15-8-9-18(31)20-16(15)10-13-11-17-22(30(2)3)24(33)21(27(29)36)26(35)28(17,37)25(34)19(13)23(20)32/h4-9,13,17,19,21-22,24,31,33,37H,10-11H2,1-3H3,(H2,29,36)/t13-,17-,19?,21?,22-,24?,28-/m1/s1. The number of amides is 1. The summed E-state index contributed by atoms with van der Waals surface area (Å²) in [5.74, 6) is -9.04. The zero-order valence-electron chi connectivity index (χ0n) is 20.8. The first-order valence-corrected chi connectivity index (χ1v) is 12.3. The highest BCUT2D eigenvalue weighted by Gasteiger charge is 2.69. The first-order valence-electron chi connectivity index (χ1n) is 12.3. The Bertz CT molecular complexity index is 1350. The number of rotatable bonds is 3. The molecule has 37 heavy (non-hydrogen) atoms. The number of nitrogens with zero attached hydrogens (tertiary/aromatic N) is 1. The lowest BCUT2D eigenvalue weighted by Gasteiger charge is -2.54. The summed E-state index contributed by atoms with van der Waals surface area (Å²) in [4.78, 5) is 54.8. The van der Waals surface area contributed by atoms with Crippen molar-refractivity contribution in [3.63, 3.8) is 0 Å². The summed E-state index contributed by atoms with van der Waals surface area (Å²) in [6, 6.07) is 9.88. The van der Waals surface area contributed by atoms with E-state index in [1.54, 1.807) is 25.1 Å². The van der Waals surface area contributed by atoms with E-state index >= 15 is 0 Å². The summed E-state index contributed by atoms with van der Waals surface area (Å²) >= 11 is 0. The van der Waals surface area contributed by atoms with Gasteiger partial charge in [-0.25, -0.2) is 0 Å². The number of likely N-dealkylation sites (N-methyl/N-ethyl adjacent to an activating group) is 1. The van der Waals surface area contributed by atoms with Crippen molar-refractivity contribution in [2.75, 3.05) is 14.1 Å². The molecule has 5 rings (SSSR count). The van der Waals surface area contributed by atoms with Crippen LogP contribution in [-0.2, 0) is 20.8 Å². The maximum absolute atomic E-state index is 13.9. The fourth-order valence-electron chi connectivity index (χ4n) is 6.95. The van der Waals surface area contributed by atoms with Gasteiger partial charge in [0.1, 0.15) is 11.7 Å². The van der Waals surface area contributed by atoms with Crippen LogP contribution in [0.2, 0.25) is 0 Å². The lowest BCUT2D eigenvalue weighted by molar-refractivity contribution is -0.190. The smallest absolute Gasteiger partial charge is 0.230 e. The minimum atomic E-state index is -2.66. The van der Waals surface area contributed by atoms with Crippen LogP contribution in [0.3, 0.4) is 0 Å². The molecule has 0 radical (unpaired) electrons. The van der Waals surface area contributed by atoms with E-state index in [0.29, 0.717) is 5.56 Å². The molecule has 2 fully saturated rings. The molecule has 0 saturated heterocycles. The van der Waals surface area contributed by atoms with Gasteiger partial charge in [-0.1, -0.05) is 30.3 Å². The number of carbonyl (C=O) groups excluding carboxylic acids is 4. The normalized spacial score (nSPS) is 33.1. The van der Waals surface area contributed by atoms with Crippen molar-refractivity contribution >= 4 is 23.3 Å². The van der Waals surface area contributed by atoms with E-state index in [-0.39, 0.29) is 24.2 Å². The minimum absolute atomic E-state index is 0.0105. The number of aliphatic hydroxyl groups is 2. The molecule has 3 aliphatic rings. The van der Waals surface area contributed by atoms with Gasteiger partial charge < -0.3 is 26.0 Å². The Labute approximate surface area is 213 Å². The third kappa shape index (κ3) is 3.41. The molecule has 5 N–H and O–H groups in total. The molecule has 3 unspecified atom stereocenters. The molecule has 0 aliphatic heterocycles. The predicted molar refractivity (Wildman–Crippen MR) is 133 cm³/mol. The summed E-state index contributed by atoms with van der Waals surface area (Å²) in [7, 11) is 3.24. The molecule has 2 saturated carbocycles. The van der Waals surface area contributed by atoms with E-state index in [0.717, 1.165) is 16.7 Å². The highest BCUT2D eigenvalue weighted by molar-refractivity contribution is 6.25. The summed E-state index contributed by atoms with van der Waals surface area (Å²) < 4.78 is 0. The third-order valence-corrected chi connectivity index (χ3v) is 8.61. The first kappa shape index (κ1) is 25.3. The molecule has 9 nitrogen and oxygen atoms in total. The lowest BCUT2D eigenvalue weighted by atomic mass is 9.52. The molecule has 0 bridgehead atoms. The van der Waals surface area contributed by atoms with Crippen LogP contribution in [0.5, 0.6) is 5.75 Å². The van der Waals surface area contributed by atoms with Crippen LogP contribution >= 0.6 is 0 Å². The van der Waals surface area contributed by atoms with Crippen LogP contribution in [0.1, 0.15) is 27.9 Å². The number of phenols is 1. The largest absolute Gasteiger partial charge is 0.507 e. The van der Waals surface area contributed by atoms with Crippen LogP contribution < -0.4 is 5.73 Å². The number of aryl methyl sites for hydroxylation is 1. The minimum Gasteiger partial charge on any atom is -0.507 e. The first-order chi connectivity index (χ1) is 17.4. The molecule has 0 heterocycles. The number of carbonyl (C=O) groups is 4. The summed E-state index contributed by atoms with van der Waals surface area (Å²) in [5.41, 5.74) is 6.00. The number of fused-ring (bicyclic) bond motifs is 3. The van der Waals surface area contributed by atoms with Gasteiger partial charge in [-0.05, 0) is 68.1 Å². The molecule has 194 valence electrons. The zero-order chi connectivity index (χ0) is 27.0. The highest BCUT2D eigenvalue weighted by atomic mass is 16.3. The SMILES string of the molecule is Cc1ccccc1-c1ccc(O)c2c1C[C@@H]1C[C@@H]3[C@@H](N(C)C)C(O)C(C(N)=O)C(=O)[C@]3(O)C(=O)C1C2=O. The molecule has 0 spiro atoms. The Morgan fingerprint density at radius 3 is 2.35 bits per heavy atom. The molecule has 0 aromatic heterocycles. The average Bonchev–Trinajstić information content (AvgIpc) is 2.82. The van der Waals surface area contributed by atoms with Crippen molar-refractivity contribution in [3.05, 3.63) is 53.1 Å². The van der Waals surface area contributed by atoms with Crippen molar-refractivity contribution in [3.8, 4) is 16.9 Å². The average molecular weight is 507 g/mol. The van der Waals surface area contributed by atoms with Crippen molar-refractivity contribution in [2.24, 2.45) is 29.4 Å².